The summed E-state index contributed by atoms with van der Waals surface area (Å²) in [5, 5.41) is 7.45. The van der Waals surface area contributed by atoms with Crippen LogP contribution in [0, 0.1) is 0 Å². The molecule has 33 heavy (non-hydrogen) atoms. The lowest BCUT2D eigenvalue weighted by Crippen LogP contribution is -2.65. The van der Waals surface area contributed by atoms with Crippen LogP contribution in [0.25, 0.3) is 0 Å². The van der Waals surface area contributed by atoms with Crippen LogP contribution in [0.4, 0.5) is 5.69 Å². The maximum absolute atomic E-state index is 13.7. The summed E-state index contributed by atoms with van der Waals surface area (Å²) >= 11 is 0. The van der Waals surface area contributed by atoms with E-state index in [1.165, 1.54) is 35.6 Å². The summed E-state index contributed by atoms with van der Waals surface area (Å²) in [6, 6.07) is 8.49. The zero-order valence-corrected chi connectivity index (χ0v) is 19.3. The molecule has 4 rings (SSSR count). The van der Waals surface area contributed by atoms with E-state index in [2.05, 4.69) is 10.4 Å². The van der Waals surface area contributed by atoms with Crippen molar-refractivity contribution in [2.45, 2.75) is 63.6 Å². The Morgan fingerprint density at radius 1 is 1.09 bits per heavy atom. The minimum Gasteiger partial charge on any atom is -0.497 e. The number of fused-ring (bicyclic) bond motifs is 1. The third-order valence-corrected chi connectivity index (χ3v) is 6.56. The highest BCUT2D eigenvalue weighted by molar-refractivity contribution is 6.12. The van der Waals surface area contributed by atoms with E-state index >= 15 is 0 Å². The number of ether oxygens (including phenoxy) is 2. The molecule has 1 atom stereocenters. The number of nitrogens with one attached hydrogen (secondary N) is 1. The molecule has 0 radical (unpaired) electrons. The molecule has 0 bridgehead atoms. The van der Waals surface area contributed by atoms with Crippen molar-refractivity contribution in [3.63, 3.8) is 0 Å². The van der Waals surface area contributed by atoms with E-state index in [-0.39, 0.29) is 29.9 Å². The Hall–Kier alpha value is -3.36. The number of carbonyl (C=O) groups is 3. The summed E-state index contributed by atoms with van der Waals surface area (Å²) in [7, 11) is 2.83. The number of anilines is 1. The zero-order chi connectivity index (χ0) is 23.6. The first-order valence-electron chi connectivity index (χ1n) is 11.3. The first-order chi connectivity index (χ1) is 15.9. The number of methoxy groups -OCH3 is 2. The van der Waals surface area contributed by atoms with Crippen LogP contribution < -0.4 is 15.0 Å². The van der Waals surface area contributed by atoms with Gasteiger partial charge in [-0.05, 0) is 44.0 Å². The number of rotatable bonds is 5. The fourth-order valence-electron chi connectivity index (χ4n) is 4.69. The van der Waals surface area contributed by atoms with Gasteiger partial charge < -0.3 is 14.8 Å². The summed E-state index contributed by atoms with van der Waals surface area (Å²) < 4.78 is 11.4. The van der Waals surface area contributed by atoms with Gasteiger partial charge in [-0.15, -0.1) is 0 Å². The van der Waals surface area contributed by atoms with E-state index in [4.69, 9.17) is 9.47 Å². The average Bonchev–Trinajstić information content (AvgIpc) is 3.07. The quantitative estimate of drug-likeness (QED) is 0.550. The number of benzene rings is 1. The number of esters is 1. The predicted octanol–water partition coefficient (Wildman–Crippen LogP) is 2.94. The monoisotopic (exact) mass is 454 g/mol. The van der Waals surface area contributed by atoms with E-state index in [1.54, 1.807) is 38.3 Å². The highest BCUT2D eigenvalue weighted by Crippen LogP contribution is 2.34. The molecule has 2 heterocycles. The van der Waals surface area contributed by atoms with Crippen LogP contribution in [-0.4, -0.2) is 53.4 Å². The van der Waals surface area contributed by atoms with E-state index < -0.39 is 17.4 Å². The standard InChI is InChI=1S/C24H30N4O5/c1-24(23(31)25-16-8-6-4-5-7-9-16)15-27-20(14-19(26-27)22(30)33-3)21(29)28(24)17-10-12-18(32-2)13-11-17/h10-14,16H,4-9,15H2,1-3H3,(H,25,31)/t24-/m0/s1. The highest BCUT2D eigenvalue weighted by Gasteiger charge is 2.49. The molecule has 176 valence electrons. The molecule has 1 aromatic carbocycles. The van der Waals surface area contributed by atoms with Crippen molar-refractivity contribution < 1.29 is 23.9 Å². The third-order valence-electron chi connectivity index (χ3n) is 6.56. The summed E-state index contributed by atoms with van der Waals surface area (Å²) in [4.78, 5) is 40.9. The van der Waals surface area contributed by atoms with Crippen LogP contribution in [0.5, 0.6) is 5.75 Å². The molecule has 1 saturated carbocycles. The van der Waals surface area contributed by atoms with Gasteiger partial charge in [0.05, 0.1) is 20.8 Å². The SMILES string of the molecule is COC(=O)c1cc2n(n1)C[C@@](C)(C(=O)NC1CCCCCC1)N(c1ccc(OC)cc1)C2=O. The van der Waals surface area contributed by atoms with Crippen molar-refractivity contribution in [1.29, 1.82) is 0 Å². The second-order valence-electron chi connectivity index (χ2n) is 8.84. The number of aromatic nitrogens is 2. The maximum atomic E-state index is 13.7. The number of carbonyl (C=O) groups excluding carboxylic acids is 3. The Balaban J connectivity index is 1.73. The maximum Gasteiger partial charge on any atom is 0.358 e. The van der Waals surface area contributed by atoms with Crippen LogP contribution in [0.2, 0.25) is 0 Å². The second kappa shape index (κ2) is 9.25. The molecule has 2 aromatic rings. The molecular formula is C24H30N4O5. The molecule has 0 unspecified atom stereocenters. The smallest absolute Gasteiger partial charge is 0.358 e. The Kier molecular flexibility index (Phi) is 6.40. The fourth-order valence-corrected chi connectivity index (χ4v) is 4.69. The Morgan fingerprint density at radius 3 is 2.36 bits per heavy atom. The molecule has 1 fully saturated rings. The van der Waals surface area contributed by atoms with Gasteiger partial charge in [-0.1, -0.05) is 25.7 Å². The van der Waals surface area contributed by atoms with Crippen molar-refractivity contribution in [3.05, 3.63) is 41.7 Å². The number of hydrogen-bond acceptors (Lipinski definition) is 6. The van der Waals surface area contributed by atoms with Crippen LogP contribution >= 0.6 is 0 Å². The highest BCUT2D eigenvalue weighted by atomic mass is 16.5. The van der Waals surface area contributed by atoms with E-state index in [1.807, 2.05) is 0 Å². The number of nitrogens with zero attached hydrogens (tertiary/aromatic N) is 3. The summed E-state index contributed by atoms with van der Waals surface area (Å²) in [5.41, 5.74) is -0.425. The number of amides is 2. The minimum atomic E-state index is -1.25. The predicted molar refractivity (Wildman–Crippen MR) is 121 cm³/mol. The van der Waals surface area contributed by atoms with Crippen molar-refractivity contribution >= 4 is 23.5 Å². The lowest BCUT2D eigenvalue weighted by Gasteiger charge is -2.43. The molecule has 1 aliphatic carbocycles. The fraction of sp³-hybridized carbons (Fsp3) is 0.500. The number of hydrogen-bond donors (Lipinski definition) is 1. The van der Waals surface area contributed by atoms with Gasteiger partial charge in [0.2, 0.25) is 5.91 Å². The summed E-state index contributed by atoms with van der Waals surface area (Å²) in [6.07, 6.45) is 6.36. The normalized spacial score (nSPS) is 21.2. The molecule has 1 N–H and O–H groups in total. The molecule has 1 aliphatic heterocycles. The molecule has 9 heteroatoms. The van der Waals surface area contributed by atoms with Gasteiger partial charge in [0, 0.05) is 17.8 Å². The van der Waals surface area contributed by atoms with Gasteiger partial charge in [-0.3, -0.25) is 19.2 Å². The Labute approximate surface area is 193 Å². The second-order valence-corrected chi connectivity index (χ2v) is 8.84. The zero-order valence-electron chi connectivity index (χ0n) is 19.3. The molecule has 9 nitrogen and oxygen atoms in total. The molecular weight excluding hydrogens is 424 g/mol. The average molecular weight is 455 g/mol. The van der Waals surface area contributed by atoms with E-state index in [0.717, 1.165) is 25.7 Å². The van der Waals surface area contributed by atoms with E-state index in [0.29, 0.717) is 11.4 Å². The lowest BCUT2D eigenvalue weighted by atomic mass is 9.93. The van der Waals surface area contributed by atoms with Gasteiger partial charge in [-0.25, -0.2) is 4.79 Å². The van der Waals surface area contributed by atoms with Gasteiger partial charge in [0.15, 0.2) is 5.69 Å². The van der Waals surface area contributed by atoms with Gasteiger partial charge in [-0.2, -0.15) is 5.10 Å². The van der Waals surface area contributed by atoms with Crippen LogP contribution in [0.1, 0.15) is 66.4 Å². The van der Waals surface area contributed by atoms with Crippen LogP contribution in [0.15, 0.2) is 30.3 Å². The van der Waals surface area contributed by atoms with Gasteiger partial charge in [0.1, 0.15) is 17.0 Å². The summed E-state index contributed by atoms with van der Waals surface area (Å²) in [6.45, 7) is 1.85. The van der Waals surface area contributed by atoms with Crippen molar-refractivity contribution in [3.8, 4) is 5.75 Å². The van der Waals surface area contributed by atoms with Crippen molar-refractivity contribution in [2.24, 2.45) is 0 Å². The first-order valence-corrected chi connectivity index (χ1v) is 11.3. The Bertz CT molecular complexity index is 1040. The molecule has 1 aromatic heterocycles. The molecule has 0 spiro atoms. The van der Waals surface area contributed by atoms with Crippen molar-refractivity contribution in [1.82, 2.24) is 15.1 Å². The first kappa shape index (κ1) is 22.8. The minimum absolute atomic E-state index is 0.0314. The molecule has 2 amide bonds. The van der Waals surface area contributed by atoms with Crippen LogP contribution in [0.3, 0.4) is 0 Å². The third kappa shape index (κ3) is 4.31. The molecule has 2 aliphatic rings. The van der Waals surface area contributed by atoms with E-state index in [9.17, 15) is 14.4 Å². The van der Waals surface area contributed by atoms with Gasteiger partial charge in [0.25, 0.3) is 5.91 Å². The van der Waals surface area contributed by atoms with Crippen LogP contribution in [-0.2, 0) is 16.1 Å². The molecule has 0 saturated heterocycles. The largest absolute Gasteiger partial charge is 0.497 e. The topological polar surface area (TPSA) is 103 Å². The lowest BCUT2D eigenvalue weighted by molar-refractivity contribution is -0.127. The summed E-state index contributed by atoms with van der Waals surface area (Å²) in [5.74, 6) is -0.636. The van der Waals surface area contributed by atoms with Crippen molar-refractivity contribution in [2.75, 3.05) is 19.1 Å². The van der Waals surface area contributed by atoms with Gasteiger partial charge >= 0.3 is 5.97 Å². The Morgan fingerprint density at radius 2 is 1.76 bits per heavy atom.